The average Bonchev–Trinajstić information content (AvgIpc) is 2.54. The Kier molecular flexibility index (Phi) is 3.79. The van der Waals surface area contributed by atoms with E-state index in [1.807, 2.05) is 0 Å². The summed E-state index contributed by atoms with van der Waals surface area (Å²) in [4.78, 5) is 0. The number of amidine groups is 1. The Morgan fingerprint density at radius 1 is 1.15 bits per heavy atom. The summed E-state index contributed by atoms with van der Waals surface area (Å²) >= 11 is 0. The fourth-order valence-corrected chi connectivity index (χ4v) is 3.35. The van der Waals surface area contributed by atoms with Gasteiger partial charge in [0, 0.05) is 6.42 Å². The van der Waals surface area contributed by atoms with E-state index in [0.717, 1.165) is 45.6 Å². The van der Waals surface area contributed by atoms with Gasteiger partial charge in [-0.05, 0) is 24.5 Å². The van der Waals surface area contributed by atoms with Crippen molar-refractivity contribution >= 4 is 5.84 Å². The number of hydrogen-bond acceptors (Lipinski definition) is 1. The molecule has 1 aromatic carbocycles. The second-order valence-corrected chi connectivity index (χ2v) is 5.89. The smallest absolute Gasteiger partial charge is 0.277 e. The van der Waals surface area contributed by atoms with E-state index in [-0.39, 0.29) is 5.54 Å². The summed E-state index contributed by atoms with van der Waals surface area (Å²) in [5.41, 5.74) is 3.07. The highest BCUT2D eigenvalue weighted by molar-refractivity contribution is 5.98. The van der Waals surface area contributed by atoms with Crippen molar-refractivity contribution in [1.82, 2.24) is 5.32 Å². The van der Waals surface area contributed by atoms with Crippen LogP contribution in [0, 0.1) is 0 Å². The quantitative estimate of drug-likeness (QED) is 0.835. The number of nitrogens with one attached hydrogen (secondary N) is 1. The van der Waals surface area contributed by atoms with E-state index in [0.29, 0.717) is 0 Å². The minimum absolute atomic E-state index is 0.210. The summed E-state index contributed by atoms with van der Waals surface area (Å²) in [7, 11) is 0. The zero-order valence-electron chi connectivity index (χ0n) is 12.6. The molecule has 0 unspecified atom stereocenters. The molecule has 0 bridgehead atoms. The van der Waals surface area contributed by atoms with E-state index in [1.165, 1.54) is 17.0 Å². The van der Waals surface area contributed by atoms with Crippen LogP contribution in [-0.4, -0.2) is 42.3 Å². The van der Waals surface area contributed by atoms with Crippen molar-refractivity contribution in [1.29, 1.82) is 0 Å². The maximum atomic E-state index is 5.50. The second-order valence-electron chi connectivity index (χ2n) is 5.89. The molecule has 0 spiro atoms. The van der Waals surface area contributed by atoms with Crippen LogP contribution in [0.25, 0.3) is 0 Å². The largest absolute Gasteiger partial charge is 0.373 e. The molecule has 1 aromatic rings. The molecular formula is C17H25N2O+. The van der Waals surface area contributed by atoms with E-state index >= 15 is 0 Å². The Balaban J connectivity index is 2.08. The number of rotatable bonds is 2. The summed E-state index contributed by atoms with van der Waals surface area (Å²) < 4.78 is 7.96. The van der Waals surface area contributed by atoms with E-state index in [1.54, 1.807) is 0 Å². The first-order valence-corrected chi connectivity index (χ1v) is 7.84. The lowest BCUT2D eigenvalue weighted by Gasteiger charge is -2.35. The van der Waals surface area contributed by atoms with Gasteiger partial charge in [-0.2, -0.15) is 0 Å². The second kappa shape index (κ2) is 5.57. The maximum absolute atomic E-state index is 5.50. The molecule has 0 aromatic heterocycles. The van der Waals surface area contributed by atoms with Gasteiger partial charge in [0.05, 0.1) is 18.8 Å². The normalized spacial score (nSPS) is 21.3. The van der Waals surface area contributed by atoms with Crippen molar-refractivity contribution in [3.63, 3.8) is 0 Å². The molecule has 0 aliphatic carbocycles. The summed E-state index contributed by atoms with van der Waals surface area (Å²) in [5.74, 6) is 1.32. The third kappa shape index (κ3) is 2.35. The van der Waals surface area contributed by atoms with Gasteiger partial charge in [0.2, 0.25) is 0 Å². The summed E-state index contributed by atoms with van der Waals surface area (Å²) in [6, 6.07) is 8.85. The zero-order chi connectivity index (χ0) is 14.0. The lowest BCUT2D eigenvalue weighted by Crippen LogP contribution is -2.56. The molecule has 2 aliphatic rings. The van der Waals surface area contributed by atoms with E-state index < -0.39 is 0 Å². The molecule has 2 heterocycles. The number of nitrogens with zero attached hydrogens (tertiary/aromatic N) is 1. The molecule has 108 valence electrons. The molecule has 1 saturated heterocycles. The molecule has 0 saturated carbocycles. The highest BCUT2D eigenvalue weighted by Crippen LogP contribution is 2.28. The van der Waals surface area contributed by atoms with E-state index in [9.17, 15) is 0 Å². The van der Waals surface area contributed by atoms with Crippen molar-refractivity contribution in [2.45, 2.75) is 38.6 Å². The van der Waals surface area contributed by atoms with Crippen LogP contribution in [0.2, 0.25) is 0 Å². The van der Waals surface area contributed by atoms with Crippen LogP contribution >= 0.6 is 0 Å². The predicted molar refractivity (Wildman–Crippen MR) is 81.5 cm³/mol. The summed E-state index contributed by atoms with van der Waals surface area (Å²) in [6.45, 7) is 8.22. The van der Waals surface area contributed by atoms with Crippen molar-refractivity contribution in [2.75, 3.05) is 26.3 Å². The monoisotopic (exact) mass is 273 g/mol. The van der Waals surface area contributed by atoms with Crippen LogP contribution in [0.3, 0.4) is 0 Å². The van der Waals surface area contributed by atoms with Crippen LogP contribution in [-0.2, 0) is 11.2 Å². The van der Waals surface area contributed by atoms with Crippen molar-refractivity contribution in [3.05, 3.63) is 35.4 Å². The van der Waals surface area contributed by atoms with Gasteiger partial charge < -0.3 is 4.74 Å². The first kappa shape index (κ1) is 13.6. The zero-order valence-corrected chi connectivity index (χ0v) is 12.6. The SMILES string of the molecule is CCC1(CC)Cc2ccccc2C(=[N+]2CCOCC2)N1. The maximum Gasteiger partial charge on any atom is 0.277 e. The Labute approximate surface area is 121 Å². The fraction of sp³-hybridized carbons (Fsp3) is 0.588. The molecule has 0 amide bonds. The van der Waals surface area contributed by atoms with Crippen LogP contribution in [0.5, 0.6) is 0 Å². The summed E-state index contributed by atoms with van der Waals surface area (Å²) in [6.07, 6.45) is 3.45. The lowest BCUT2D eigenvalue weighted by atomic mass is 9.80. The topological polar surface area (TPSA) is 24.3 Å². The predicted octanol–water partition coefficient (Wildman–Crippen LogP) is 2.18. The minimum Gasteiger partial charge on any atom is -0.373 e. The van der Waals surface area contributed by atoms with E-state index in [2.05, 4.69) is 48.0 Å². The van der Waals surface area contributed by atoms with Crippen LogP contribution < -0.4 is 5.32 Å². The number of morpholine rings is 1. The molecule has 0 atom stereocenters. The molecule has 3 rings (SSSR count). The molecule has 0 radical (unpaired) electrons. The number of hydrogen-bond donors (Lipinski definition) is 1. The van der Waals surface area contributed by atoms with Crippen LogP contribution in [0.15, 0.2) is 24.3 Å². The van der Waals surface area contributed by atoms with Gasteiger partial charge >= 0.3 is 0 Å². The molecule has 1 N–H and O–H groups in total. The third-order valence-electron chi connectivity index (χ3n) is 4.87. The summed E-state index contributed by atoms with van der Waals surface area (Å²) in [5, 5.41) is 3.88. The number of benzene rings is 1. The molecule has 3 nitrogen and oxygen atoms in total. The third-order valence-corrected chi connectivity index (χ3v) is 4.87. The van der Waals surface area contributed by atoms with Gasteiger partial charge in [0.15, 0.2) is 0 Å². The van der Waals surface area contributed by atoms with Gasteiger partial charge in [-0.15, -0.1) is 0 Å². The van der Waals surface area contributed by atoms with Gasteiger partial charge in [-0.1, -0.05) is 32.0 Å². The number of fused-ring (bicyclic) bond motifs is 1. The molecule has 2 aliphatic heterocycles. The highest BCUT2D eigenvalue weighted by Gasteiger charge is 2.40. The standard InChI is InChI=1S/C17H24N2O/c1-3-17(4-2)13-14-7-5-6-8-15(14)16(18-17)19-9-11-20-12-10-19/h5-8H,3-4,9-13H2,1-2H3/p+1. The average molecular weight is 273 g/mol. The van der Waals surface area contributed by atoms with Crippen molar-refractivity contribution in [3.8, 4) is 0 Å². The highest BCUT2D eigenvalue weighted by atomic mass is 16.5. The Hall–Kier alpha value is -1.35. The van der Waals surface area contributed by atoms with Gasteiger partial charge in [0.25, 0.3) is 5.84 Å². The molecule has 20 heavy (non-hydrogen) atoms. The fourth-order valence-electron chi connectivity index (χ4n) is 3.35. The first-order valence-electron chi connectivity index (χ1n) is 7.84. The van der Waals surface area contributed by atoms with Crippen LogP contribution in [0.1, 0.15) is 37.8 Å². The Morgan fingerprint density at radius 3 is 2.55 bits per heavy atom. The molecule has 3 heteroatoms. The van der Waals surface area contributed by atoms with Crippen molar-refractivity contribution < 1.29 is 9.31 Å². The minimum atomic E-state index is 0.210. The lowest BCUT2D eigenvalue weighted by molar-refractivity contribution is -0.551. The van der Waals surface area contributed by atoms with Crippen LogP contribution in [0.4, 0.5) is 0 Å². The Bertz CT molecular complexity index is 509. The molecular weight excluding hydrogens is 248 g/mol. The molecule has 1 fully saturated rings. The van der Waals surface area contributed by atoms with Gasteiger partial charge in [-0.25, -0.2) is 0 Å². The van der Waals surface area contributed by atoms with Gasteiger partial charge in [-0.3, -0.25) is 9.89 Å². The van der Waals surface area contributed by atoms with Crippen molar-refractivity contribution in [2.24, 2.45) is 0 Å². The van der Waals surface area contributed by atoms with Gasteiger partial charge in [0.1, 0.15) is 18.6 Å². The van der Waals surface area contributed by atoms with E-state index in [4.69, 9.17) is 4.74 Å². The first-order chi connectivity index (χ1) is 9.78. The Morgan fingerprint density at radius 2 is 1.85 bits per heavy atom. The number of ether oxygens (including phenoxy) is 1.